The highest BCUT2D eigenvalue weighted by molar-refractivity contribution is 6.74. The maximum Gasteiger partial charge on any atom is 0.337 e. The summed E-state index contributed by atoms with van der Waals surface area (Å²) < 4.78 is 24.9. The lowest BCUT2D eigenvalue weighted by Gasteiger charge is -2.67. The van der Waals surface area contributed by atoms with E-state index in [0.29, 0.717) is 11.1 Å². The summed E-state index contributed by atoms with van der Waals surface area (Å²) in [6.45, 7) is 17.1. The molecular formula is C44H59NO12Si. The number of ketones is 1. The van der Waals surface area contributed by atoms with Crippen LogP contribution in [-0.4, -0.2) is 107 Å². The van der Waals surface area contributed by atoms with Crippen LogP contribution in [0.3, 0.4) is 0 Å². The van der Waals surface area contributed by atoms with Crippen LogP contribution < -0.4 is 5.32 Å². The van der Waals surface area contributed by atoms with E-state index in [1.165, 1.54) is 13.8 Å². The summed E-state index contributed by atoms with van der Waals surface area (Å²) in [7, 11) is -2.83. The summed E-state index contributed by atoms with van der Waals surface area (Å²) in [5.74, 6) is -4.34. The standard InChI is InChI=1S/C44H59NO12Si/c1-24-28(55-39(52)34(57-58(9,10)40(3,4)5)32(26-17-13-11-14-18-26)45-38(51)27-19-15-12-16-20-27)22-44(53)37(50)35-42(8,36(49)33(48)31(24)41(44,6)7)29(47)21-30-43(35,23-54-30)56-25(2)46/h11-20,28-30,32-35,37,47-48,50,53H,21-23H2,1-10H3,(H,45,51)/t28-,29?,30?,32-,33?,34?,35-,37-,42?,43-,44?/m0/s1. The van der Waals surface area contributed by atoms with Crippen molar-refractivity contribution in [1.29, 1.82) is 0 Å². The summed E-state index contributed by atoms with van der Waals surface area (Å²) >= 11 is 0. The molecule has 11 atom stereocenters. The predicted molar refractivity (Wildman–Crippen MR) is 215 cm³/mol. The molecule has 3 aliphatic carbocycles. The van der Waals surface area contributed by atoms with Crippen LogP contribution in [0.5, 0.6) is 0 Å². The van der Waals surface area contributed by atoms with Crippen LogP contribution in [0.2, 0.25) is 18.1 Å². The van der Waals surface area contributed by atoms with E-state index in [0.717, 1.165) is 0 Å². The van der Waals surface area contributed by atoms with Gasteiger partial charge in [-0.15, -0.1) is 0 Å². The molecule has 0 spiro atoms. The summed E-state index contributed by atoms with van der Waals surface area (Å²) in [5.41, 5.74) is -6.07. The smallest absolute Gasteiger partial charge is 0.337 e. The first-order valence-corrected chi connectivity index (χ1v) is 22.9. The Labute approximate surface area is 341 Å². The molecule has 1 heterocycles. The van der Waals surface area contributed by atoms with Crippen LogP contribution in [0.1, 0.15) is 90.2 Å². The van der Waals surface area contributed by atoms with Crippen molar-refractivity contribution >= 4 is 31.9 Å². The fourth-order valence-electron chi connectivity index (χ4n) is 9.66. The van der Waals surface area contributed by atoms with Crippen LogP contribution in [0.25, 0.3) is 0 Å². The second kappa shape index (κ2) is 15.1. The van der Waals surface area contributed by atoms with Crippen LogP contribution in [0.15, 0.2) is 71.8 Å². The fraction of sp³-hybridized carbons (Fsp3) is 0.591. The van der Waals surface area contributed by atoms with E-state index in [9.17, 15) is 39.6 Å². The first-order valence-electron chi connectivity index (χ1n) is 20.0. The van der Waals surface area contributed by atoms with Crippen molar-refractivity contribution in [2.75, 3.05) is 6.61 Å². The van der Waals surface area contributed by atoms with Gasteiger partial charge < -0.3 is 44.4 Å². The average molecular weight is 822 g/mol. The van der Waals surface area contributed by atoms with Gasteiger partial charge in [-0.25, -0.2) is 4.79 Å². The SMILES string of the molecule is CC(=O)O[C@@]12COC1CC(O)C1(C)C(=O)C(O)C3=C(C)[C@@H](OC(=O)C(O[Si](C)(C)C(C)(C)C)[C@@H](NC(=O)c4ccccc4)c4ccccc4)CC(O)([C@@H](O)[C@@H]12)C3(C)C. The van der Waals surface area contributed by atoms with Gasteiger partial charge in [-0.3, -0.25) is 14.4 Å². The van der Waals surface area contributed by atoms with Crippen molar-refractivity contribution in [3.05, 3.63) is 82.9 Å². The van der Waals surface area contributed by atoms with E-state index in [4.69, 9.17) is 18.6 Å². The summed E-state index contributed by atoms with van der Waals surface area (Å²) in [5, 5.41) is 52.1. The maximum absolute atomic E-state index is 15.0. The Bertz CT molecular complexity index is 1960. The maximum atomic E-state index is 15.0. The molecule has 2 saturated carbocycles. The van der Waals surface area contributed by atoms with Gasteiger partial charge in [0.05, 0.1) is 30.3 Å². The van der Waals surface area contributed by atoms with Gasteiger partial charge in [0, 0.05) is 36.7 Å². The minimum absolute atomic E-state index is 0.0300. The Morgan fingerprint density at radius 1 is 0.966 bits per heavy atom. The molecule has 14 heteroatoms. The number of nitrogens with one attached hydrogen (secondary N) is 1. The Hall–Kier alpha value is -3.76. The molecule has 1 aliphatic heterocycles. The zero-order chi connectivity index (χ0) is 43.0. The average Bonchev–Trinajstić information content (AvgIpc) is 3.14. The van der Waals surface area contributed by atoms with Crippen molar-refractivity contribution in [2.24, 2.45) is 16.7 Å². The van der Waals surface area contributed by atoms with E-state index < -0.39 is 114 Å². The van der Waals surface area contributed by atoms with E-state index in [2.05, 4.69) is 5.32 Å². The number of benzene rings is 2. The van der Waals surface area contributed by atoms with E-state index in [1.54, 1.807) is 75.4 Å². The third kappa shape index (κ3) is 6.87. The van der Waals surface area contributed by atoms with E-state index >= 15 is 0 Å². The Kier molecular flexibility index (Phi) is 11.4. The quantitative estimate of drug-likeness (QED) is 0.137. The second-order valence-corrected chi connectivity index (χ2v) is 23.6. The number of Topliss-reactive ketones (excluding diaryl/α,β-unsaturated/α-hetero) is 1. The van der Waals surface area contributed by atoms with Gasteiger partial charge in [0.2, 0.25) is 0 Å². The molecule has 0 aromatic heterocycles. The normalized spacial score (nSPS) is 34.2. The molecular weight excluding hydrogens is 763 g/mol. The van der Waals surface area contributed by atoms with Gasteiger partial charge in [0.25, 0.3) is 5.91 Å². The lowest BCUT2D eigenvalue weighted by molar-refractivity contribution is -0.346. The largest absolute Gasteiger partial charge is 0.456 e. The monoisotopic (exact) mass is 821 g/mol. The number of carbonyl (C=O) groups is 4. The molecule has 2 bridgehead atoms. The molecule has 6 unspecified atom stereocenters. The molecule has 1 saturated heterocycles. The third-order valence-electron chi connectivity index (χ3n) is 14.2. The fourth-order valence-corrected chi connectivity index (χ4v) is 10.9. The zero-order valence-corrected chi connectivity index (χ0v) is 36.1. The number of esters is 2. The minimum Gasteiger partial charge on any atom is -0.456 e. The molecule has 2 aromatic rings. The molecule has 13 nitrogen and oxygen atoms in total. The molecule has 4 aliphatic rings. The van der Waals surface area contributed by atoms with Gasteiger partial charge in [0.1, 0.15) is 23.9 Å². The molecule has 316 valence electrons. The Morgan fingerprint density at radius 3 is 2.09 bits per heavy atom. The first kappa shape index (κ1) is 43.8. The van der Waals surface area contributed by atoms with Crippen molar-refractivity contribution in [1.82, 2.24) is 5.32 Å². The van der Waals surface area contributed by atoms with Gasteiger partial charge >= 0.3 is 11.9 Å². The highest BCUT2D eigenvalue weighted by Crippen LogP contribution is 2.63. The number of amides is 1. The molecule has 1 amide bonds. The third-order valence-corrected chi connectivity index (χ3v) is 18.7. The molecule has 5 N–H and O–H groups in total. The van der Waals surface area contributed by atoms with Crippen molar-refractivity contribution < 1.29 is 58.2 Å². The number of ether oxygens (including phenoxy) is 3. The van der Waals surface area contributed by atoms with Crippen LogP contribution in [0, 0.1) is 16.7 Å². The molecule has 6 rings (SSSR count). The topological polar surface area (TPSA) is 198 Å². The predicted octanol–water partition coefficient (Wildman–Crippen LogP) is 4.33. The van der Waals surface area contributed by atoms with Gasteiger partial charge in [-0.2, -0.15) is 0 Å². The summed E-state index contributed by atoms with van der Waals surface area (Å²) in [4.78, 5) is 56.1. The molecule has 58 heavy (non-hydrogen) atoms. The number of aliphatic hydroxyl groups is 4. The lowest BCUT2D eigenvalue weighted by Crippen LogP contribution is -2.81. The van der Waals surface area contributed by atoms with Gasteiger partial charge in [0.15, 0.2) is 25.8 Å². The number of carbonyl (C=O) groups excluding carboxylic acids is 4. The van der Waals surface area contributed by atoms with Crippen LogP contribution in [0.4, 0.5) is 0 Å². The highest BCUT2D eigenvalue weighted by Gasteiger charge is 2.76. The summed E-state index contributed by atoms with van der Waals surface area (Å²) in [6.07, 6.45) is -9.42. The van der Waals surface area contributed by atoms with E-state index in [-0.39, 0.29) is 24.2 Å². The van der Waals surface area contributed by atoms with Crippen molar-refractivity contribution in [3.63, 3.8) is 0 Å². The summed E-state index contributed by atoms with van der Waals surface area (Å²) in [6, 6.07) is 16.4. The second-order valence-electron chi connectivity index (χ2n) is 18.9. The van der Waals surface area contributed by atoms with Crippen molar-refractivity contribution in [3.8, 4) is 0 Å². The van der Waals surface area contributed by atoms with Crippen molar-refractivity contribution in [2.45, 2.75) is 140 Å². The lowest BCUT2D eigenvalue weighted by atomic mass is 9.44. The number of rotatable bonds is 9. The molecule has 0 radical (unpaired) electrons. The highest BCUT2D eigenvalue weighted by atomic mass is 28.4. The number of fused-ring (bicyclic) bond motifs is 5. The van der Waals surface area contributed by atoms with Gasteiger partial charge in [-0.1, -0.05) is 83.1 Å². The Balaban J connectivity index is 1.47. The van der Waals surface area contributed by atoms with Crippen LogP contribution in [-0.2, 0) is 33.0 Å². The van der Waals surface area contributed by atoms with Gasteiger partial charge in [-0.05, 0) is 60.8 Å². The number of hydrogen-bond donors (Lipinski definition) is 5. The minimum atomic E-state index is -2.83. The van der Waals surface area contributed by atoms with E-state index in [1.807, 2.05) is 39.9 Å². The zero-order valence-electron chi connectivity index (χ0n) is 35.1. The first-order chi connectivity index (χ1) is 26.8. The molecule has 2 aromatic carbocycles. The molecule has 3 fully saturated rings. The number of hydrogen-bond acceptors (Lipinski definition) is 12. The number of aliphatic hydroxyl groups excluding tert-OH is 3. The Morgan fingerprint density at radius 2 is 1.55 bits per heavy atom. The van der Waals surface area contributed by atoms with Crippen LogP contribution >= 0.6 is 0 Å².